The summed E-state index contributed by atoms with van der Waals surface area (Å²) in [6, 6.07) is 12.2. The summed E-state index contributed by atoms with van der Waals surface area (Å²) in [5.41, 5.74) is 5.32. The Morgan fingerprint density at radius 3 is 2.52 bits per heavy atom. The molecule has 0 aliphatic carbocycles. The summed E-state index contributed by atoms with van der Waals surface area (Å²) in [5.74, 6) is -0.145. The van der Waals surface area contributed by atoms with Gasteiger partial charge in [0.2, 0.25) is 0 Å². The number of aromatic nitrogens is 3. The van der Waals surface area contributed by atoms with Gasteiger partial charge in [0.1, 0.15) is 11.0 Å². The first kappa shape index (κ1) is 32.3. The van der Waals surface area contributed by atoms with Crippen molar-refractivity contribution in [3.05, 3.63) is 53.1 Å². The second kappa shape index (κ2) is 14.5. The van der Waals surface area contributed by atoms with Gasteiger partial charge in [0.05, 0.1) is 0 Å². The highest BCUT2D eigenvalue weighted by Gasteiger charge is 2.36. The predicted octanol–water partition coefficient (Wildman–Crippen LogP) is 3.15. The second-order valence-corrected chi connectivity index (χ2v) is 13.6. The summed E-state index contributed by atoms with van der Waals surface area (Å²) < 4.78 is 6.11. The van der Waals surface area contributed by atoms with Crippen LogP contribution in [0.15, 0.2) is 36.4 Å². The molecular formula is C35H47N9O4. The van der Waals surface area contributed by atoms with E-state index in [-0.39, 0.29) is 24.4 Å². The van der Waals surface area contributed by atoms with Crippen molar-refractivity contribution >= 4 is 34.8 Å². The molecule has 5 heterocycles. The van der Waals surface area contributed by atoms with Crippen molar-refractivity contribution in [2.24, 2.45) is 0 Å². The van der Waals surface area contributed by atoms with Crippen LogP contribution in [0.25, 0.3) is 11.0 Å². The Labute approximate surface area is 281 Å². The maximum Gasteiger partial charge on any atom is 0.410 e. The lowest BCUT2D eigenvalue weighted by Gasteiger charge is -2.40. The molecule has 1 aromatic heterocycles. The first-order valence-electron chi connectivity index (χ1n) is 17.6. The van der Waals surface area contributed by atoms with Crippen LogP contribution in [0.2, 0.25) is 0 Å². The summed E-state index contributed by atoms with van der Waals surface area (Å²) in [6.45, 7) is 9.00. The number of hydrogen-bond acceptors (Lipinski definition) is 8. The standard InChI is InChI=1S/C35H47N9O4/c1-24-21-25(22-30-32(24)39-40-38-30)23-31(33(45)42-15-8-27(9-16-42)41-14-4-12-36-13-20-41)48-35(47)43-17-10-28(11-18-43)44-19-7-26-5-2-3-6-29(26)37-34(44)46/h2-3,5-6,21-22,27-28,31,36H,4,7-20,23H2,1H3,(H,37,46)(H,38,39,40)/t31-/m1/s1. The van der Waals surface area contributed by atoms with Crippen molar-refractivity contribution in [2.45, 2.75) is 70.1 Å². The van der Waals surface area contributed by atoms with Gasteiger partial charge in [-0.1, -0.05) is 24.3 Å². The van der Waals surface area contributed by atoms with E-state index in [1.807, 2.05) is 47.1 Å². The van der Waals surface area contributed by atoms with Crippen LogP contribution in [-0.2, 0) is 22.4 Å². The number of nitrogens with one attached hydrogen (secondary N) is 3. The lowest BCUT2D eigenvalue weighted by Crippen LogP contribution is -2.52. The molecule has 0 saturated carbocycles. The minimum atomic E-state index is -0.951. The number of benzene rings is 2. The summed E-state index contributed by atoms with van der Waals surface area (Å²) in [5, 5.41) is 17.7. The number of carbonyl (C=O) groups is 3. The van der Waals surface area contributed by atoms with Crippen LogP contribution in [0, 0.1) is 6.92 Å². The fourth-order valence-corrected chi connectivity index (χ4v) is 7.89. The lowest BCUT2D eigenvalue weighted by atomic mass is 10.00. The molecule has 3 aromatic rings. The Morgan fingerprint density at radius 2 is 1.69 bits per heavy atom. The van der Waals surface area contributed by atoms with Crippen LogP contribution < -0.4 is 10.6 Å². The maximum absolute atomic E-state index is 14.1. The van der Waals surface area contributed by atoms with Gasteiger partial charge in [0.15, 0.2) is 6.10 Å². The molecule has 256 valence electrons. The number of aromatic amines is 1. The van der Waals surface area contributed by atoms with Crippen molar-refractivity contribution < 1.29 is 19.1 Å². The molecule has 4 aliphatic rings. The largest absolute Gasteiger partial charge is 0.436 e. The van der Waals surface area contributed by atoms with Crippen molar-refractivity contribution in [3.63, 3.8) is 0 Å². The fourth-order valence-electron chi connectivity index (χ4n) is 7.89. The van der Waals surface area contributed by atoms with Gasteiger partial charge >= 0.3 is 12.1 Å². The number of anilines is 1. The Balaban J connectivity index is 0.999. The van der Waals surface area contributed by atoms with E-state index in [1.165, 1.54) is 0 Å². The first-order chi connectivity index (χ1) is 23.4. The summed E-state index contributed by atoms with van der Waals surface area (Å²) in [6.07, 6.45) is 3.89. The van der Waals surface area contributed by atoms with Crippen LogP contribution in [-0.4, -0.2) is 130 Å². The fraction of sp³-hybridized carbons (Fsp3) is 0.571. The maximum atomic E-state index is 14.1. The van der Waals surface area contributed by atoms with Gasteiger partial charge in [-0.2, -0.15) is 15.4 Å². The number of amides is 4. The van der Waals surface area contributed by atoms with Crippen molar-refractivity contribution in [2.75, 3.05) is 64.2 Å². The second-order valence-electron chi connectivity index (χ2n) is 13.6. The minimum absolute atomic E-state index is 0.0271. The molecular weight excluding hydrogens is 610 g/mol. The van der Waals surface area contributed by atoms with Crippen LogP contribution in [0.3, 0.4) is 0 Å². The van der Waals surface area contributed by atoms with Crippen LogP contribution >= 0.6 is 0 Å². The van der Waals surface area contributed by atoms with Gasteiger partial charge in [-0.25, -0.2) is 9.59 Å². The van der Waals surface area contributed by atoms with Gasteiger partial charge in [0.25, 0.3) is 5.91 Å². The molecule has 4 amide bonds. The summed E-state index contributed by atoms with van der Waals surface area (Å²) in [4.78, 5) is 48.9. The first-order valence-corrected chi connectivity index (χ1v) is 17.6. The molecule has 3 N–H and O–H groups in total. The Hall–Kier alpha value is -4.23. The normalized spacial score (nSPS) is 20.9. The highest BCUT2D eigenvalue weighted by Crippen LogP contribution is 2.26. The van der Waals surface area contributed by atoms with E-state index in [1.54, 1.807) is 4.90 Å². The molecule has 1 atom stereocenters. The quantitative estimate of drug-likeness (QED) is 0.368. The lowest BCUT2D eigenvalue weighted by molar-refractivity contribution is -0.142. The van der Waals surface area contributed by atoms with Crippen LogP contribution in [0.5, 0.6) is 0 Å². The van der Waals surface area contributed by atoms with E-state index in [0.29, 0.717) is 51.6 Å². The highest BCUT2D eigenvalue weighted by molar-refractivity contribution is 5.91. The van der Waals surface area contributed by atoms with E-state index in [0.717, 1.165) is 85.3 Å². The van der Waals surface area contributed by atoms with E-state index >= 15 is 0 Å². The molecule has 13 nitrogen and oxygen atoms in total. The van der Waals surface area contributed by atoms with Gasteiger partial charge in [0, 0.05) is 70.0 Å². The monoisotopic (exact) mass is 657 g/mol. The molecule has 0 radical (unpaired) electrons. The predicted molar refractivity (Wildman–Crippen MR) is 182 cm³/mol. The zero-order valence-corrected chi connectivity index (χ0v) is 27.8. The molecule has 4 aliphatic heterocycles. The zero-order chi connectivity index (χ0) is 33.0. The number of carbonyl (C=O) groups excluding carboxylic acids is 3. The Kier molecular flexibility index (Phi) is 9.76. The number of urea groups is 1. The van der Waals surface area contributed by atoms with Crippen LogP contribution in [0.4, 0.5) is 15.3 Å². The molecule has 0 unspecified atom stereocenters. The Bertz CT molecular complexity index is 1600. The number of rotatable bonds is 6. The third kappa shape index (κ3) is 7.12. The van der Waals surface area contributed by atoms with Gasteiger partial charge in [-0.15, -0.1) is 0 Å². The number of para-hydroxylation sites is 1. The molecule has 3 fully saturated rings. The number of ether oxygens (including phenoxy) is 1. The SMILES string of the molecule is Cc1cc(C[C@@H](OC(=O)N2CCC(N3CCc4ccccc4NC3=O)CC2)C(=O)N2CCC(N3CCCNCC3)CC2)cc2n[nH]nc12. The number of hydrogen-bond donors (Lipinski definition) is 3. The number of piperidine rings is 2. The zero-order valence-electron chi connectivity index (χ0n) is 27.8. The van der Waals surface area contributed by atoms with E-state index in [2.05, 4.69) is 37.0 Å². The third-order valence-corrected chi connectivity index (χ3v) is 10.6. The van der Waals surface area contributed by atoms with E-state index < -0.39 is 12.2 Å². The number of fused-ring (bicyclic) bond motifs is 2. The van der Waals surface area contributed by atoms with Crippen molar-refractivity contribution in [1.29, 1.82) is 0 Å². The topological polar surface area (TPSA) is 139 Å². The molecule has 48 heavy (non-hydrogen) atoms. The van der Waals surface area contributed by atoms with Crippen molar-refractivity contribution in [3.8, 4) is 0 Å². The summed E-state index contributed by atoms with van der Waals surface area (Å²) in [7, 11) is 0. The van der Waals surface area contributed by atoms with Crippen LogP contribution in [0.1, 0.15) is 48.8 Å². The van der Waals surface area contributed by atoms with E-state index in [9.17, 15) is 14.4 Å². The third-order valence-electron chi connectivity index (χ3n) is 10.6. The number of nitrogens with zero attached hydrogens (tertiary/aromatic N) is 6. The van der Waals surface area contributed by atoms with E-state index in [4.69, 9.17) is 4.74 Å². The van der Waals surface area contributed by atoms with Gasteiger partial charge in [-0.3, -0.25) is 9.69 Å². The minimum Gasteiger partial charge on any atom is -0.436 e. The number of aryl methyl sites for hydroxylation is 1. The van der Waals surface area contributed by atoms with Gasteiger partial charge < -0.3 is 30.1 Å². The molecule has 13 heteroatoms. The molecule has 0 spiro atoms. The Morgan fingerprint density at radius 1 is 0.917 bits per heavy atom. The molecule has 2 aromatic carbocycles. The molecule has 3 saturated heterocycles. The smallest absolute Gasteiger partial charge is 0.410 e. The van der Waals surface area contributed by atoms with Gasteiger partial charge in [-0.05, 0) is 87.4 Å². The van der Waals surface area contributed by atoms with Crippen molar-refractivity contribution in [1.82, 2.24) is 40.3 Å². The molecule has 7 rings (SSSR count). The average molecular weight is 658 g/mol. The highest BCUT2D eigenvalue weighted by atomic mass is 16.6. The number of H-pyrrole nitrogens is 1. The number of likely N-dealkylation sites (tertiary alicyclic amines) is 2. The summed E-state index contributed by atoms with van der Waals surface area (Å²) >= 11 is 0. The molecule has 0 bridgehead atoms. The average Bonchev–Trinajstić information content (AvgIpc) is 3.32.